The molecule has 0 aromatic rings. The van der Waals surface area contributed by atoms with Gasteiger partial charge in [-0.15, -0.1) is 0 Å². The van der Waals surface area contributed by atoms with Crippen LogP contribution < -0.4 is 47.9 Å². The van der Waals surface area contributed by atoms with Gasteiger partial charge < -0.3 is 57.7 Å². The maximum Gasteiger partial charge on any atom is 0.246 e. The molecule has 470 valence electrons. The van der Waals surface area contributed by atoms with E-state index in [1.54, 1.807) is 4.90 Å². The fourth-order valence-corrected chi connectivity index (χ4v) is 10.5. The van der Waals surface area contributed by atoms with Crippen molar-refractivity contribution in [1.82, 2.24) is 57.7 Å². The highest BCUT2D eigenvalue weighted by atomic mass is 16.2. The minimum atomic E-state index is -1.62. The lowest BCUT2D eigenvalue weighted by Gasteiger charge is -2.44. The van der Waals surface area contributed by atoms with Gasteiger partial charge >= 0.3 is 0 Å². The molecule has 5 atom stereocenters. The average Bonchev–Trinajstić information content (AvgIpc) is 3.86. The number of hydrogen-bond acceptors (Lipinski definition) is 11. The Hall–Kier alpha value is -5.34. The van der Waals surface area contributed by atoms with Crippen molar-refractivity contribution < 1.29 is 47.9 Å². The van der Waals surface area contributed by atoms with Crippen LogP contribution in [0.1, 0.15) is 225 Å². The van der Waals surface area contributed by atoms with E-state index in [4.69, 9.17) is 0 Å². The van der Waals surface area contributed by atoms with Gasteiger partial charge in [-0.05, 0) is 138 Å². The van der Waals surface area contributed by atoms with Crippen LogP contribution in [-0.4, -0.2) is 155 Å². The number of nitrogens with zero attached hydrogens (tertiary/aromatic N) is 2. The number of likely N-dealkylation sites (tertiary alicyclic amines) is 1. The molecule has 9 N–H and O–H groups in total. The number of amides is 10. The van der Waals surface area contributed by atoms with Crippen LogP contribution in [0.4, 0.5) is 0 Å². The van der Waals surface area contributed by atoms with Crippen molar-refractivity contribution in [2.24, 2.45) is 17.8 Å². The van der Waals surface area contributed by atoms with Crippen LogP contribution >= 0.6 is 0 Å². The largest absolute Gasteiger partial charge is 0.354 e. The molecule has 82 heavy (non-hydrogen) atoms. The van der Waals surface area contributed by atoms with E-state index in [1.165, 1.54) is 41.5 Å². The molecular weight excluding hydrogens is 1050 g/mol. The smallest absolute Gasteiger partial charge is 0.246 e. The SMILES string of the molecule is CCCCCCCCC(NC(=O)[C@@H]1CCCN1C(=O)CCCCC)C(=O)NC(CC(C)C)C(=O)NC(C)(C)C(=O)NC(CC(C)C)C(=O)NC(CC(C)C)C(=O)NC(C)(C)C(=O)NC(C)(C)C(=O)NCCC(=O)NC1(CN(C)C)CCC1. The molecule has 2 aliphatic rings. The zero-order valence-electron chi connectivity index (χ0n) is 53.4. The van der Waals surface area contributed by atoms with Gasteiger partial charge in [0.05, 0.1) is 5.54 Å². The van der Waals surface area contributed by atoms with Crippen LogP contribution in [0.15, 0.2) is 0 Å². The molecule has 1 saturated heterocycles. The maximum absolute atomic E-state index is 14.3. The van der Waals surface area contributed by atoms with Crippen molar-refractivity contribution in [1.29, 1.82) is 0 Å². The van der Waals surface area contributed by atoms with Crippen molar-refractivity contribution in [3.63, 3.8) is 0 Å². The molecule has 1 aliphatic carbocycles. The molecule has 1 heterocycles. The van der Waals surface area contributed by atoms with E-state index in [9.17, 15) is 47.9 Å². The molecule has 1 aliphatic heterocycles. The Morgan fingerprint density at radius 1 is 0.537 bits per heavy atom. The van der Waals surface area contributed by atoms with E-state index < -0.39 is 94.1 Å². The minimum absolute atomic E-state index is 0.0516. The van der Waals surface area contributed by atoms with Crippen LogP contribution in [-0.2, 0) is 47.9 Å². The predicted octanol–water partition coefficient (Wildman–Crippen LogP) is 5.18. The monoisotopic (exact) mass is 1160 g/mol. The first-order chi connectivity index (χ1) is 38.2. The molecule has 10 amide bonds. The first kappa shape index (κ1) is 72.8. The van der Waals surface area contributed by atoms with Crippen molar-refractivity contribution in [2.75, 3.05) is 33.7 Å². The van der Waals surface area contributed by atoms with Crippen molar-refractivity contribution >= 4 is 59.1 Å². The first-order valence-electron chi connectivity index (χ1n) is 30.9. The molecule has 4 unspecified atom stereocenters. The summed E-state index contributed by atoms with van der Waals surface area (Å²) in [6, 6.07) is -5.08. The second kappa shape index (κ2) is 34.4. The molecule has 21 heteroatoms. The van der Waals surface area contributed by atoms with Gasteiger partial charge in [0.1, 0.15) is 46.8 Å². The summed E-state index contributed by atoms with van der Waals surface area (Å²) < 4.78 is 0. The van der Waals surface area contributed by atoms with Gasteiger partial charge in [-0.2, -0.15) is 0 Å². The summed E-state index contributed by atoms with van der Waals surface area (Å²) in [6.07, 6.45) is 13.6. The summed E-state index contributed by atoms with van der Waals surface area (Å²) in [5.74, 6) is -5.35. The number of nitrogens with one attached hydrogen (secondary N) is 9. The number of rotatable bonds is 38. The highest BCUT2D eigenvalue weighted by Gasteiger charge is 2.42. The molecular formula is C61H111N11O10. The third-order valence-electron chi connectivity index (χ3n) is 15.3. The fraction of sp³-hybridized carbons (Fsp3) is 0.836. The van der Waals surface area contributed by atoms with Crippen molar-refractivity contribution in [2.45, 2.75) is 278 Å². The quantitative estimate of drug-likeness (QED) is 0.0364. The Bertz CT molecular complexity index is 2120. The topological polar surface area (TPSA) is 285 Å². The summed E-state index contributed by atoms with van der Waals surface area (Å²) >= 11 is 0. The molecule has 0 radical (unpaired) electrons. The number of hydrogen-bond donors (Lipinski definition) is 9. The lowest BCUT2D eigenvalue weighted by Crippen LogP contribution is -2.65. The zero-order chi connectivity index (χ0) is 62.2. The van der Waals surface area contributed by atoms with E-state index in [0.29, 0.717) is 38.6 Å². The van der Waals surface area contributed by atoms with Crippen LogP contribution in [0.25, 0.3) is 0 Å². The van der Waals surface area contributed by atoms with Gasteiger partial charge in [0, 0.05) is 32.5 Å². The van der Waals surface area contributed by atoms with Gasteiger partial charge in [0.15, 0.2) is 0 Å². The van der Waals surface area contributed by atoms with Crippen LogP contribution in [0.3, 0.4) is 0 Å². The number of carbonyl (C=O) groups is 10. The molecule has 0 aromatic carbocycles. The third-order valence-corrected chi connectivity index (χ3v) is 15.3. The maximum atomic E-state index is 14.3. The molecule has 1 saturated carbocycles. The van der Waals surface area contributed by atoms with Crippen LogP contribution in [0.2, 0.25) is 0 Å². The molecule has 0 spiro atoms. The third kappa shape index (κ3) is 25.3. The van der Waals surface area contributed by atoms with Crippen LogP contribution in [0.5, 0.6) is 0 Å². The van der Waals surface area contributed by atoms with E-state index in [1.807, 2.05) is 60.5 Å². The van der Waals surface area contributed by atoms with Crippen LogP contribution in [0, 0.1) is 17.8 Å². The molecule has 0 bridgehead atoms. The molecule has 0 aromatic heterocycles. The highest BCUT2D eigenvalue weighted by molar-refractivity contribution is 6.00. The Morgan fingerprint density at radius 2 is 1.01 bits per heavy atom. The lowest BCUT2D eigenvalue weighted by molar-refractivity contribution is -0.140. The zero-order valence-corrected chi connectivity index (χ0v) is 53.4. The summed E-state index contributed by atoms with van der Waals surface area (Å²) in [6.45, 7) is 25.7. The Labute approximate surface area is 492 Å². The fourth-order valence-electron chi connectivity index (χ4n) is 10.5. The molecule has 2 fully saturated rings. The van der Waals surface area contributed by atoms with Gasteiger partial charge in [0.25, 0.3) is 0 Å². The summed E-state index contributed by atoms with van der Waals surface area (Å²) in [4.78, 5) is 142. The van der Waals surface area contributed by atoms with Gasteiger partial charge in [0.2, 0.25) is 59.1 Å². The van der Waals surface area contributed by atoms with Gasteiger partial charge in [-0.25, -0.2) is 0 Å². The Kier molecular flexibility index (Phi) is 30.6. The normalized spacial score (nSPS) is 16.8. The van der Waals surface area contributed by atoms with E-state index >= 15 is 0 Å². The van der Waals surface area contributed by atoms with Crippen molar-refractivity contribution in [3.8, 4) is 0 Å². The average molecular weight is 1160 g/mol. The molecule has 2 rings (SSSR count). The van der Waals surface area contributed by atoms with Gasteiger partial charge in [-0.3, -0.25) is 47.9 Å². The summed E-state index contributed by atoms with van der Waals surface area (Å²) in [5.41, 5.74) is -4.90. The van der Waals surface area contributed by atoms with Crippen molar-refractivity contribution in [3.05, 3.63) is 0 Å². The van der Waals surface area contributed by atoms with E-state index in [-0.39, 0.29) is 67.3 Å². The summed E-state index contributed by atoms with van der Waals surface area (Å²) in [5, 5.41) is 25.6. The standard InChI is InChI=1S/C61H111N11O10/c1-17-19-21-22-23-25-28-43(63-54(79)47-29-26-35-72(47)49(74)30-24-20-18-2)50(75)64-45(37-41(5)6)52(77)68-59(11,12)56(81)66-44(36-40(3)4)51(76)65-46(38-42(7)8)53(78)69-60(13,14)57(82)70-58(9,10)55(80)62-34-31-48(73)67-61(32-27-33-61)39-71(15)16/h40-47H,17-39H2,1-16H3,(H,62,80)(H,63,79)(H,64,75)(H,65,76)(H,66,81)(H,67,73)(H,68,77)(H,69,78)(H,70,82)/t43?,44?,45?,46?,47-/m0/s1. The Balaban J connectivity index is 2.21. The van der Waals surface area contributed by atoms with E-state index in [2.05, 4.69) is 61.7 Å². The first-order valence-corrected chi connectivity index (χ1v) is 30.9. The number of likely N-dealkylation sites (N-methyl/N-ethyl adjacent to an activating group) is 1. The lowest BCUT2D eigenvalue weighted by atomic mass is 9.76. The predicted molar refractivity (Wildman–Crippen MR) is 321 cm³/mol. The number of unbranched alkanes of at least 4 members (excludes halogenated alkanes) is 7. The second-order valence-corrected chi connectivity index (χ2v) is 26.6. The highest BCUT2D eigenvalue weighted by Crippen LogP contribution is 2.32. The molecule has 21 nitrogen and oxygen atoms in total. The summed E-state index contributed by atoms with van der Waals surface area (Å²) in [7, 11) is 3.92. The minimum Gasteiger partial charge on any atom is -0.354 e. The van der Waals surface area contributed by atoms with Gasteiger partial charge in [-0.1, -0.05) is 107 Å². The van der Waals surface area contributed by atoms with E-state index in [0.717, 1.165) is 77.2 Å². The Morgan fingerprint density at radius 3 is 1.51 bits per heavy atom. The number of carbonyl (C=O) groups excluding carboxylic acids is 10. The second-order valence-electron chi connectivity index (χ2n) is 26.6.